The molecule has 18 heavy (non-hydrogen) atoms. The van der Waals surface area contributed by atoms with Crippen LogP contribution in [0.2, 0.25) is 5.02 Å². The average Bonchev–Trinajstić information content (AvgIpc) is 2.37. The second kappa shape index (κ2) is 5.16. The summed E-state index contributed by atoms with van der Waals surface area (Å²) in [4.78, 5) is 11.8. The van der Waals surface area contributed by atoms with Crippen molar-refractivity contribution in [2.24, 2.45) is 7.05 Å². The highest BCUT2D eigenvalue weighted by atomic mass is 79.9. The lowest BCUT2D eigenvalue weighted by atomic mass is 10.1. The Labute approximate surface area is 118 Å². The molecule has 5 heteroatoms. The van der Waals surface area contributed by atoms with Crippen LogP contribution in [-0.2, 0) is 7.05 Å². The van der Waals surface area contributed by atoms with E-state index in [1.54, 1.807) is 32.5 Å². The average molecular weight is 329 g/mol. The monoisotopic (exact) mass is 327 g/mol. The molecule has 0 radical (unpaired) electrons. The molecular weight excluding hydrogens is 318 g/mol. The van der Waals surface area contributed by atoms with Gasteiger partial charge in [-0.3, -0.25) is 4.79 Å². The van der Waals surface area contributed by atoms with Gasteiger partial charge < -0.3 is 9.30 Å². The molecule has 0 atom stereocenters. The third kappa shape index (κ3) is 2.31. The summed E-state index contributed by atoms with van der Waals surface area (Å²) in [5, 5.41) is 0.668. The van der Waals surface area contributed by atoms with E-state index in [0.29, 0.717) is 15.2 Å². The van der Waals surface area contributed by atoms with Crippen LogP contribution in [0.4, 0.5) is 0 Å². The molecule has 2 aromatic rings. The van der Waals surface area contributed by atoms with Crippen molar-refractivity contribution in [1.82, 2.24) is 4.57 Å². The molecule has 94 valence electrons. The summed E-state index contributed by atoms with van der Waals surface area (Å²) in [6.45, 7) is 0. The fourth-order valence-corrected chi connectivity index (χ4v) is 2.50. The SMILES string of the molecule is COc1c(-c2ccc(Cl)cc2)cn(C)c(=O)c1Br. The Bertz CT molecular complexity index is 635. The maximum absolute atomic E-state index is 11.8. The normalized spacial score (nSPS) is 10.4. The van der Waals surface area contributed by atoms with Crippen LogP contribution in [0.1, 0.15) is 0 Å². The number of rotatable bonds is 2. The van der Waals surface area contributed by atoms with Gasteiger partial charge in [0, 0.05) is 23.8 Å². The van der Waals surface area contributed by atoms with Crippen LogP contribution < -0.4 is 10.3 Å². The maximum atomic E-state index is 11.8. The fraction of sp³-hybridized carbons (Fsp3) is 0.154. The maximum Gasteiger partial charge on any atom is 0.268 e. The number of nitrogens with zero attached hydrogens (tertiary/aromatic N) is 1. The first-order valence-corrected chi connectivity index (χ1v) is 6.40. The molecule has 0 aliphatic carbocycles. The van der Waals surface area contributed by atoms with Gasteiger partial charge in [0.05, 0.1) is 7.11 Å². The van der Waals surface area contributed by atoms with E-state index in [2.05, 4.69) is 15.9 Å². The van der Waals surface area contributed by atoms with Gasteiger partial charge in [-0.05, 0) is 33.6 Å². The highest BCUT2D eigenvalue weighted by molar-refractivity contribution is 9.10. The third-order valence-electron chi connectivity index (χ3n) is 2.63. The van der Waals surface area contributed by atoms with E-state index in [1.165, 1.54) is 4.57 Å². The van der Waals surface area contributed by atoms with Crippen molar-refractivity contribution < 1.29 is 4.74 Å². The van der Waals surface area contributed by atoms with Crippen molar-refractivity contribution in [1.29, 1.82) is 0 Å². The Balaban J connectivity index is 2.71. The zero-order valence-corrected chi connectivity index (χ0v) is 12.2. The lowest BCUT2D eigenvalue weighted by molar-refractivity contribution is 0.411. The Morgan fingerprint density at radius 1 is 1.28 bits per heavy atom. The van der Waals surface area contributed by atoms with E-state index >= 15 is 0 Å². The Morgan fingerprint density at radius 2 is 1.89 bits per heavy atom. The van der Waals surface area contributed by atoms with Crippen LogP contribution in [0.25, 0.3) is 11.1 Å². The van der Waals surface area contributed by atoms with Gasteiger partial charge in [-0.25, -0.2) is 0 Å². The predicted molar refractivity (Wildman–Crippen MR) is 76.4 cm³/mol. The molecule has 1 aromatic heterocycles. The standard InChI is InChI=1S/C13H11BrClNO2/c1-16-7-10(8-3-5-9(15)6-4-8)12(18-2)11(14)13(16)17/h3-7H,1-2H3. The number of benzene rings is 1. The van der Waals surface area contributed by atoms with Gasteiger partial charge in [-0.2, -0.15) is 0 Å². The lowest BCUT2D eigenvalue weighted by Gasteiger charge is -2.12. The molecule has 0 aliphatic rings. The Kier molecular flexibility index (Phi) is 3.78. The summed E-state index contributed by atoms with van der Waals surface area (Å²) in [5.41, 5.74) is 1.64. The lowest BCUT2D eigenvalue weighted by Crippen LogP contribution is -2.18. The molecule has 0 aliphatic heterocycles. The van der Waals surface area contributed by atoms with E-state index < -0.39 is 0 Å². The number of halogens is 2. The van der Waals surface area contributed by atoms with Gasteiger partial charge in [0.2, 0.25) is 0 Å². The molecule has 0 amide bonds. The van der Waals surface area contributed by atoms with Crippen LogP contribution in [0.15, 0.2) is 39.7 Å². The minimum Gasteiger partial charge on any atom is -0.495 e. The van der Waals surface area contributed by atoms with Gasteiger partial charge in [0.15, 0.2) is 0 Å². The number of hydrogen-bond donors (Lipinski definition) is 0. The number of ether oxygens (including phenoxy) is 1. The van der Waals surface area contributed by atoms with E-state index in [0.717, 1.165) is 11.1 Å². The first-order chi connectivity index (χ1) is 8.54. The summed E-state index contributed by atoms with van der Waals surface area (Å²) in [5.74, 6) is 0.528. The van der Waals surface area contributed by atoms with Crippen LogP contribution >= 0.6 is 27.5 Å². The highest BCUT2D eigenvalue weighted by Gasteiger charge is 2.14. The van der Waals surface area contributed by atoms with E-state index in [9.17, 15) is 4.79 Å². The van der Waals surface area contributed by atoms with E-state index in [4.69, 9.17) is 16.3 Å². The molecule has 3 nitrogen and oxygen atoms in total. The third-order valence-corrected chi connectivity index (χ3v) is 3.59. The highest BCUT2D eigenvalue weighted by Crippen LogP contribution is 2.34. The summed E-state index contributed by atoms with van der Waals surface area (Å²) < 4.78 is 7.23. The van der Waals surface area contributed by atoms with Crippen LogP contribution in [-0.4, -0.2) is 11.7 Å². The van der Waals surface area contributed by atoms with E-state index in [-0.39, 0.29) is 5.56 Å². The van der Waals surface area contributed by atoms with Gasteiger partial charge in [0.25, 0.3) is 5.56 Å². The molecule has 0 fully saturated rings. The van der Waals surface area contributed by atoms with Gasteiger partial charge in [-0.15, -0.1) is 0 Å². The molecule has 0 N–H and O–H groups in total. The second-order valence-electron chi connectivity index (χ2n) is 3.81. The van der Waals surface area contributed by atoms with Gasteiger partial charge in [-0.1, -0.05) is 23.7 Å². The molecule has 0 saturated carbocycles. The van der Waals surface area contributed by atoms with Crippen LogP contribution in [0, 0.1) is 0 Å². The number of aryl methyl sites for hydroxylation is 1. The molecule has 0 spiro atoms. The number of aromatic nitrogens is 1. The van der Waals surface area contributed by atoms with Gasteiger partial charge >= 0.3 is 0 Å². The molecule has 1 aromatic carbocycles. The molecule has 0 bridgehead atoms. The molecule has 0 saturated heterocycles. The largest absolute Gasteiger partial charge is 0.495 e. The zero-order chi connectivity index (χ0) is 13.3. The van der Waals surface area contributed by atoms with Crippen LogP contribution in [0.5, 0.6) is 5.75 Å². The summed E-state index contributed by atoms with van der Waals surface area (Å²) in [6, 6.07) is 7.37. The fourth-order valence-electron chi connectivity index (χ4n) is 1.72. The Morgan fingerprint density at radius 3 is 2.44 bits per heavy atom. The minimum atomic E-state index is -0.135. The number of methoxy groups -OCH3 is 1. The first kappa shape index (κ1) is 13.2. The van der Waals surface area contributed by atoms with Crippen molar-refractivity contribution in [3.05, 3.63) is 50.3 Å². The number of hydrogen-bond acceptors (Lipinski definition) is 2. The molecule has 2 rings (SSSR count). The molecular formula is C13H11BrClNO2. The quantitative estimate of drug-likeness (QED) is 0.845. The Hall–Kier alpha value is -1.26. The smallest absolute Gasteiger partial charge is 0.268 e. The van der Waals surface area contributed by atoms with Crippen molar-refractivity contribution in [2.75, 3.05) is 7.11 Å². The molecule has 0 unspecified atom stereocenters. The number of pyridine rings is 1. The van der Waals surface area contributed by atoms with Crippen molar-refractivity contribution >= 4 is 27.5 Å². The second-order valence-corrected chi connectivity index (χ2v) is 5.04. The van der Waals surface area contributed by atoms with Crippen molar-refractivity contribution in [3.8, 4) is 16.9 Å². The zero-order valence-electron chi connectivity index (χ0n) is 9.91. The van der Waals surface area contributed by atoms with E-state index in [1.807, 2.05) is 12.1 Å². The van der Waals surface area contributed by atoms with Gasteiger partial charge in [0.1, 0.15) is 10.2 Å². The predicted octanol–water partition coefficient (Wildman–Crippen LogP) is 3.48. The van der Waals surface area contributed by atoms with Crippen molar-refractivity contribution in [3.63, 3.8) is 0 Å². The summed E-state index contributed by atoms with van der Waals surface area (Å²) in [6.07, 6.45) is 1.75. The summed E-state index contributed by atoms with van der Waals surface area (Å²) >= 11 is 9.13. The summed E-state index contributed by atoms with van der Waals surface area (Å²) in [7, 11) is 3.24. The van der Waals surface area contributed by atoms with Crippen molar-refractivity contribution in [2.45, 2.75) is 0 Å². The topological polar surface area (TPSA) is 31.2 Å². The minimum absolute atomic E-state index is 0.135. The first-order valence-electron chi connectivity index (χ1n) is 5.23. The van der Waals surface area contributed by atoms with Crippen LogP contribution in [0.3, 0.4) is 0 Å². The molecule has 1 heterocycles.